The highest BCUT2D eigenvalue weighted by atomic mass is 19.1. The van der Waals surface area contributed by atoms with Crippen LogP contribution in [-0.2, 0) is 0 Å². The fourth-order valence-corrected chi connectivity index (χ4v) is 0.776. The summed E-state index contributed by atoms with van der Waals surface area (Å²) >= 11 is 0. The van der Waals surface area contributed by atoms with Gasteiger partial charge in [0.15, 0.2) is 0 Å². The van der Waals surface area contributed by atoms with E-state index in [0.29, 0.717) is 6.20 Å². The number of nitrogens with one attached hydrogen (secondary N) is 4. The lowest BCUT2D eigenvalue weighted by Crippen LogP contribution is -2.23. The number of rotatable bonds is 0. The van der Waals surface area contributed by atoms with Gasteiger partial charge in [0.2, 0.25) is 5.82 Å². The zero-order valence-corrected chi connectivity index (χ0v) is 8.65. The van der Waals surface area contributed by atoms with E-state index in [2.05, 4.69) is 4.98 Å². The third-order valence-corrected chi connectivity index (χ3v) is 1.46. The molecule has 0 fully saturated rings. The van der Waals surface area contributed by atoms with E-state index in [1.165, 1.54) is 12.3 Å². The molecule has 2 aromatic rings. The van der Waals surface area contributed by atoms with Crippen LogP contribution in [0.1, 0.15) is 0 Å². The molecule has 0 aromatic carbocycles. The highest BCUT2D eigenvalue weighted by Crippen LogP contribution is 1.74. The summed E-state index contributed by atoms with van der Waals surface area (Å²) in [7, 11) is 0. The van der Waals surface area contributed by atoms with Gasteiger partial charge in [-0.15, -0.1) is 0 Å². The molecule has 2 heterocycles. The fraction of sp³-hybridized carbons (Fsp3) is 0. The van der Waals surface area contributed by atoms with Crippen LogP contribution in [-0.4, -0.2) is 19.9 Å². The molecule has 0 unspecified atom stereocenters. The number of aromatic nitrogens is 4. The van der Waals surface area contributed by atoms with Crippen molar-refractivity contribution >= 4 is 0 Å². The molecular weight excluding hydrogens is 254 g/mol. The lowest BCUT2D eigenvalue weighted by atomic mass is 10.6. The third kappa shape index (κ3) is 4.83. The molecule has 0 bridgehead atoms. The first-order valence-corrected chi connectivity index (χ1v) is 4.24. The van der Waals surface area contributed by atoms with E-state index in [4.69, 9.17) is 0 Å². The first-order valence-electron chi connectivity index (χ1n) is 4.24. The molecule has 0 aliphatic rings. The van der Waals surface area contributed by atoms with Crippen LogP contribution in [0.25, 0.3) is 0 Å². The zero-order valence-electron chi connectivity index (χ0n) is 8.65. The minimum atomic E-state index is -1.00. The molecule has 0 aliphatic heterocycles. The summed E-state index contributed by atoms with van der Waals surface area (Å²) in [5.74, 6) is -0.991. The van der Waals surface area contributed by atoms with Gasteiger partial charge in [0, 0.05) is 18.5 Å². The Morgan fingerprint density at radius 1 is 0.944 bits per heavy atom. The molecule has 0 spiro atoms. The van der Waals surface area contributed by atoms with Crippen molar-refractivity contribution in [2.24, 2.45) is 0 Å². The van der Waals surface area contributed by atoms with Crippen molar-refractivity contribution in [2.75, 3.05) is 0 Å². The van der Waals surface area contributed by atoms with Gasteiger partial charge < -0.3 is 9.97 Å². The summed E-state index contributed by atoms with van der Waals surface area (Å²) in [5.41, 5.74) is -2.56. The highest BCUT2D eigenvalue weighted by Gasteiger charge is 1.93. The quantitative estimate of drug-likeness (QED) is 0.456. The van der Waals surface area contributed by atoms with Gasteiger partial charge in [0.1, 0.15) is 0 Å². The van der Waals surface area contributed by atoms with E-state index in [9.17, 15) is 23.6 Å². The van der Waals surface area contributed by atoms with Crippen LogP contribution >= 0.6 is 0 Å². The van der Waals surface area contributed by atoms with E-state index in [0.717, 1.165) is 0 Å². The second kappa shape index (κ2) is 6.73. The predicted molar refractivity (Wildman–Crippen MR) is 57.8 cm³/mol. The number of aromatic amines is 4. The molecule has 4 N–H and O–H groups in total. The Bertz CT molecular complexity index is 689. The molecule has 0 aliphatic carbocycles. The number of hydrogen-bond acceptors (Lipinski definition) is 4. The van der Waals surface area contributed by atoms with Crippen LogP contribution in [0.5, 0.6) is 0 Å². The third-order valence-electron chi connectivity index (χ3n) is 1.46. The maximum Gasteiger partial charge on any atom is 0.325 e. The van der Waals surface area contributed by atoms with E-state index < -0.39 is 22.8 Å². The number of H-pyrrole nitrogens is 4. The molecular formula is C8H8F2N4O4. The van der Waals surface area contributed by atoms with Crippen molar-refractivity contribution in [2.45, 2.75) is 0 Å². The topological polar surface area (TPSA) is 131 Å². The molecule has 8 nitrogen and oxygen atoms in total. The zero-order chi connectivity index (χ0) is 12.8. The SMILES string of the molecule is F.O=c1[nH]cc(F)c(=O)[nH]1.O=c1cc[nH]c(=O)[nH]1. The van der Waals surface area contributed by atoms with Crippen molar-refractivity contribution in [3.8, 4) is 0 Å². The minimum Gasteiger partial charge on any atom is -0.314 e. The van der Waals surface area contributed by atoms with Crippen LogP contribution in [0.2, 0.25) is 0 Å². The fourth-order valence-electron chi connectivity index (χ4n) is 0.776. The van der Waals surface area contributed by atoms with Crippen LogP contribution in [0.3, 0.4) is 0 Å². The van der Waals surface area contributed by atoms with E-state index >= 15 is 0 Å². The van der Waals surface area contributed by atoms with Crippen molar-refractivity contribution in [1.29, 1.82) is 0 Å². The predicted octanol–water partition coefficient (Wildman–Crippen LogP) is -1.58. The summed E-state index contributed by atoms with van der Waals surface area (Å²) in [5, 5.41) is 0. The summed E-state index contributed by atoms with van der Waals surface area (Å²) in [6.45, 7) is 0. The Kier molecular flexibility index (Phi) is 5.69. The average molecular weight is 262 g/mol. The maximum absolute atomic E-state index is 12.0. The molecule has 0 saturated carbocycles. The Hall–Kier alpha value is -2.78. The van der Waals surface area contributed by atoms with Crippen LogP contribution in [0.4, 0.5) is 9.09 Å². The minimum absolute atomic E-state index is 0. The molecule has 10 heteroatoms. The monoisotopic (exact) mass is 262 g/mol. The Balaban J connectivity index is 0.000000306. The molecule has 2 aromatic heterocycles. The van der Waals surface area contributed by atoms with Crippen LogP contribution in [0.15, 0.2) is 37.6 Å². The summed E-state index contributed by atoms with van der Waals surface area (Å²) in [6.07, 6.45) is 2.00. The lowest BCUT2D eigenvalue weighted by molar-refractivity contribution is 0.597. The second-order valence-electron chi connectivity index (χ2n) is 2.72. The van der Waals surface area contributed by atoms with Crippen molar-refractivity contribution in [1.82, 2.24) is 19.9 Å². The summed E-state index contributed by atoms with van der Waals surface area (Å²) in [4.78, 5) is 48.7. The molecule has 0 saturated heterocycles. The summed E-state index contributed by atoms with van der Waals surface area (Å²) in [6, 6.07) is 1.24. The van der Waals surface area contributed by atoms with E-state index in [1.807, 2.05) is 9.97 Å². The molecule has 18 heavy (non-hydrogen) atoms. The largest absolute Gasteiger partial charge is 0.325 e. The number of hydrogen-bond donors (Lipinski definition) is 4. The van der Waals surface area contributed by atoms with Gasteiger partial charge in [-0.25, -0.2) is 9.59 Å². The second-order valence-corrected chi connectivity index (χ2v) is 2.72. The Morgan fingerprint density at radius 2 is 1.56 bits per heavy atom. The van der Waals surface area contributed by atoms with Crippen molar-refractivity contribution < 1.29 is 9.09 Å². The smallest absolute Gasteiger partial charge is 0.314 e. The van der Waals surface area contributed by atoms with Gasteiger partial charge in [0.05, 0.1) is 0 Å². The Morgan fingerprint density at radius 3 is 1.94 bits per heavy atom. The van der Waals surface area contributed by atoms with Gasteiger partial charge in [-0.3, -0.25) is 24.3 Å². The number of halogens is 2. The van der Waals surface area contributed by atoms with Crippen LogP contribution in [0, 0.1) is 5.82 Å². The van der Waals surface area contributed by atoms with Gasteiger partial charge >= 0.3 is 11.4 Å². The van der Waals surface area contributed by atoms with E-state index in [-0.39, 0.29) is 10.3 Å². The van der Waals surface area contributed by atoms with Gasteiger partial charge in [-0.2, -0.15) is 4.39 Å². The van der Waals surface area contributed by atoms with Gasteiger partial charge in [-0.05, 0) is 0 Å². The maximum atomic E-state index is 12.0. The van der Waals surface area contributed by atoms with Crippen molar-refractivity contribution in [3.63, 3.8) is 0 Å². The highest BCUT2D eigenvalue weighted by molar-refractivity contribution is 4.83. The van der Waals surface area contributed by atoms with Gasteiger partial charge in [-0.1, -0.05) is 0 Å². The molecule has 0 atom stereocenters. The average Bonchev–Trinajstić information content (AvgIpc) is 2.24. The normalized spacial score (nSPS) is 8.72. The molecule has 2 rings (SSSR count). The standard InChI is InChI=1S/C4H3FN2O2.C4H4N2O2.FH/c5-2-1-6-4(9)7-3(2)8;7-3-1-2-5-4(8)6-3;/h1H,(H2,6,7,8,9);1-2H,(H2,5,6,7,8);1H. The van der Waals surface area contributed by atoms with Crippen LogP contribution < -0.4 is 22.5 Å². The molecule has 98 valence electrons. The molecule has 0 radical (unpaired) electrons. The lowest BCUT2D eigenvalue weighted by Gasteiger charge is -1.81. The first-order chi connectivity index (χ1) is 7.99. The van der Waals surface area contributed by atoms with E-state index in [1.54, 1.807) is 4.98 Å². The molecule has 0 amide bonds. The summed E-state index contributed by atoms with van der Waals surface area (Å²) < 4.78 is 12.0. The van der Waals surface area contributed by atoms with Gasteiger partial charge in [0.25, 0.3) is 11.1 Å². The Labute approximate surface area is 95.9 Å². The first kappa shape index (κ1) is 15.2. The van der Waals surface area contributed by atoms with Crippen molar-refractivity contribution in [3.05, 3.63) is 66.0 Å².